The van der Waals surface area contributed by atoms with E-state index < -0.39 is 17.6 Å². The first kappa shape index (κ1) is 13.8. The highest BCUT2D eigenvalue weighted by atomic mass is 19.1. The van der Waals surface area contributed by atoms with Crippen molar-refractivity contribution >= 4 is 11.7 Å². The molecule has 0 aliphatic carbocycles. The van der Waals surface area contributed by atoms with E-state index in [9.17, 15) is 13.6 Å². The molecule has 2 N–H and O–H groups in total. The van der Waals surface area contributed by atoms with Gasteiger partial charge >= 0.3 is 5.97 Å². The van der Waals surface area contributed by atoms with Gasteiger partial charge < -0.3 is 15.2 Å². The first-order valence-electron chi connectivity index (χ1n) is 5.62. The third-order valence-corrected chi connectivity index (χ3v) is 2.59. The minimum Gasteiger partial charge on any atom is -0.465 e. The van der Waals surface area contributed by atoms with Crippen molar-refractivity contribution in [3.8, 4) is 11.5 Å². The maximum absolute atomic E-state index is 13.5. The van der Waals surface area contributed by atoms with Crippen molar-refractivity contribution in [3.05, 3.63) is 53.6 Å². The van der Waals surface area contributed by atoms with Crippen LogP contribution in [0.5, 0.6) is 11.5 Å². The molecule has 2 rings (SSSR count). The predicted octanol–water partition coefficient (Wildman–Crippen LogP) is 3.13. The van der Waals surface area contributed by atoms with Gasteiger partial charge in [0, 0.05) is 6.07 Å². The number of ether oxygens (including phenoxy) is 2. The summed E-state index contributed by atoms with van der Waals surface area (Å²) in [6.07, 6.45) is 0. The third kappa shape index (κ3) is 2.69. The molecule has 0 aliphatic rings. The first-order valence-corrected chi connectivity index (χ1v) is 5.62. The summed E-state index contributed by atoms with van der Waals surface area (Å²) >= 11 is 0. The van der Waals surface area contributed by atoms with Crippen LogP contribution in [0.4, 0.5) is 14.5 Å². The SMILES string of the molecule is COC(=O)c1cccc(Oc2ccc(F)cc2F)c1N. The number of para-hydroxylation sites is 1. The van der Waals surface area contributed by atoms with Gasteiger partial charge in [0.1, 0.15) is 5.82 Å². The molecule has 0 aliphatic heterocycles. The molecule has 0 aromatic heterocycles. The fraction of sp³-hybridized carbons (Fsp3) is 0.0714. The zero-order valence-electron chi connectivity index (χ0n) is 10.5. The van der Waals surface area contributed by atoms with Gasteiger partial charge in [-0.15, -0.1) is 0 Å². The smallest absolute Gasteiger partial charge is 0.340 e. The van der Waals surface area contributed by atoms with Gasteiger partial charge in [-0.25, -0.2) is 13.6 Å². The van der Waals surface area contributed by atoms with E-state index in [1.807, 2.05) is 0 Å². The summed E-state index contributed by atoms with van der Waals surface area (Å²) in [6.45, 7) is 0. The summed E-state index contributed by atoms with van der Waals surface area (Å²) in [5.41, 5.74) is 5.89. The number of rotatable bonds is 3. The zero-order valence-corrected chi connectivity index (χ0v) is 10.5. The van der Waals surface area contributed by atoms with Gasteiger partial charge in [-0.3, -0.25) is 0 Å². The van der Waals surface area contributed by atoms with Crippen LogP contribution in [0.1, 0.15) is 10.4 Å². The van der Waals surface area contributed by atoms with Gasteiger partial charge in [-0.2, -0.15) is 0 Å². The Hall–Kier alpha value is -2.63. The zero-order chi connectivity index (χ0) is 14.7. The lowest BCUT2D eigenvalue weighted by molar-refractivity contribution is 0.0601. The molecule has 2 aromatic carbocycles. The lowest BCUT2D eigenvalue weighted by Crippen LogP contribution is -2.06. The molecule has 0 saturated heterocycles. The Balaban J connectivity index is 2.37. The van der Waals surface area contributed by atoms with Crippen LogP contribution < -0.4 is 10.5 Å². The molecule has 2 aromatic rings. The molecule has 0 bridgehead atoms. The maximum atomic E-state index is 13.5. The van der Waals surface area contributed by atoms with Crippen LogP contribution in [0, 0.1) is 11.6 Å². The Kier molecular flexibility index (Phi) is 3.84. The first-order chi connectivity index (χ1) is 9.52. The fourth-order valence-electron chi connectivity index (χ4n) is 1.60. The topological polar surface area (TPSA) is 61.5 Å². The van der Waals surface area contributed by atoms with Gasteiger partial charge in [0.25, 0.3) is 0 Å². The summed E-state index contributed by atoms with van der Waals surface area (Å²) in [6, 6.07) is 7.31. The molecule has 104 valence electrons. The van der Waals surface area contributed by atoms with E-state index in [1.54, 1.807) is 0 Å². The molecule has 0 radical (unpaired) electrons. The lowest BCUT2D eigenvalue weighted by atomic mass is 10.1. The second kappa shape index (κ2) is 5.56. The number of nitrogen functional groups attached to an aromatic ring is 1. The molecule has 0 saturated carbocycles. The Bertz CT molecular complexity index is 659. The molecule has 0 fully saturated rings. The highest BCUT2D eigenvalue weighted by Crippen LogP contribution is 2.31. The molecular formula is C14H11F2NO3. The molecule has 0 atom stereocenters. The number of methoxy groups -OCH3 is 1. The molecule has 4 nitrogen and oxygen atoms in total. The van der Waals surface area contributed by atoms with Gasteiger partial charge in [-0.1, -0.05) is 6.07 Å². The number of hydrogen-bond acceptors (Lipinski definition) is 4. The largest absolute Gasteiger partial charge is 0.465 e. The second-order valence-corrected chi connectivity index (χ2v) is 3.89. The van der Waals surface area contributed by atoms with Crippen LogP contribution in [0.3, 0.4) is 0 Å². The number of anilines is 1. The standard InChI is InChI=1S/C14H11F2NO3/c1-19-14(18)9-3-2-4-12(13(9)17)20-11-6-5-8(15)7-10(11)16/h2-7H,17H2,1H3. The molecule has 0 heterocycles. The van der Waals surface area contributed by atoms with E-state index in [0.717, 1.165) is 12.1 Å². The van der Waals surface area contributed by atoms with Crippen molar-refractivity contribution in [2.75, 3.05) is 12.8 Å². The van der Waals surface area contributed by atoms with Crippen molar-refractivity contribution in [1.29, 1.82) is 0 Å². The van der Waals surface area contributed by atoms with E-state index in [0.29, 0.717) is 6.07 Å². The van der Waals surface area contributed by atoms with Gasteiger partial charge in [-0.05, 0) is 24.3 Å². The van der Waals surface area contributed by atoms with E-state index in [1.165, 1.54) is 25.3 Å². The molecule has 6 heteroatoms. The van der Waals surface area contributed by atoms with Crippen molar-refractivity contribution in [2.24, 2.45) is 0 Å². The van der Waals surface area contributed by atoms with Crippen LogP contribution in [0.25, 0.3) is 0 Å². The van der Waals surface area contributed by atoms with Crippen LogP contribution in [-0.2, 0) is 4.74 Å². The van der Waals surface area contributed by atoms with E-state index in [-0.39, 0.29) is 22.7 Å². The number of halogens is 2. The normalized spacial score (nSPS) is 10.2. The quantitative estimate of drug-likeness (QED) is 0.692. The van der Waals surface area contributed by atoms with E-state index >= 15 is 0 Å². The minimum absolute atomic E-state index is 0.0167. The highest BCUT2D eigenvalue weighted by molar-refractivity contribution is 5.96. The number of benzene rings is 2. The second-order valence-electron chi connectivity index (χ2n) is 3.89. The predicted molar refractivity (Wildman–Crippen MR) is 68.6 cm³/mol. The van der Waals surface area contributed by atoms with Crippen molar-refractivity contribution in [2.45, 2.75) is 0 Å². The highest BCUT2D eigenvalue weighted by Gasteiger charge is 2.15. The average Bonchev–Trinajstić information content (AvgIpc) is 2.43. The fourth-order valence-corrected chi connectivity index (χ4v) is 1.60. The van der Waals surface area contributed by atoms with Crippen molar-refractivity contribution in [3.63, 3.8) is 0 Å². The molecule has 20 heavy (non-hydrogen) atoms. The van der Waals surface area contributed by atoms with Gasteiger partial charge in [0.15, 0.2) is 17.3 Å². The molecule has 0 amide bonds. The van der Waals surface area contributed by atoms with Crippen LogP contribution in [0.2, 0.25) is 0 Å². The third-order valence-electron chi connectivity index (χ3n) is 2.59. The Morgan fingerprint density at radius 3 is 2.55 bits per heavy atom. The lowest BCUT2D eigenvalue weighted by Gasteiger charge is -2.11. The van der Waals surface area contributed by atoms with Gasteiger partial charge in [0.05, 0.1) is 18.4 Å². The van der Waals surface area contributed by atoms with Gasteiger partial charge in [0.2, 0.25) is 0 Å². The number of nitrogens with two attached hydrogens (primary N) is 1. The van der Waals surface area contributed by atoms with E-state index in [4.69, 9.17) is 10.5 Å². The Morgan fingerprint density at radius 2 is 1.90 bits per heavy atom. The summed E-state index contributed by atoms with van der Waals surface area (Å²) in [5.74, 6) is -2.33. The molecule has 0 spiro atoms. The average molecular weight is 279 g/mol. The summed E-state index contributed by atoms with van der Waals surface area (Å²) in [7, 11) is 1.22. The Labute approximate surface area is 113 Å². The molecular weight excluding hydrogens is 268 g/mol. The summed E-state index contributed by atoms with van der Waals surface area (Å²) in [4.78, 5) is 11.5. The maximum Gasteiger partial charge on any atom is 0.340 e. The number of esters is 1. The van der Waals surface area contributed by atoms with Crippen molar-refractivity contribution in [1.82, 2.24) is 0 Å². The Morgan fingerprint density at radius 1 is 1.15 bits per heavy atom. The number of carbonyl (C=O) groups excluding carboxylic acids is 1. The van der Waals surface area contributed by atoms with E-state index in [2.05, 4.69) is 4.74 Å². The number of carbonyl (C=O) groups is 1. The van der Waals surface area contributed by atoms with Crippen LogP contribution in [0.15, 0.2) is 36.4 Å². The van der Waals surface area contributed by atoms with Crippen LogP contribution in [-0.4, -0.2) is 13.1 Å². The summed E-state index contributed by atoms with van der Waals surface area (Å²) < 4.78 is 36.1. The summed E-state index contributed by atoms with van der Waals surface area (Å²) in [5, 5.41) is 0. The molecule has 0 unspecified atom stereocenters. The van der Waals surface area contributed by atoms with Crippen LogP contribution >= 0.6 is 0 Å². The van der Waals surface area contributed by atoms with Crippen molar-refractivity contribution < 1.29 is 23.0 Å². The minimum atomic E-state index is -0.868. The number of hydrogen-bond donors (Lipinski definition) is 1. The monoisotopic (exact) mass is 279 g/mol.